The van der Waals surface area contributed by atoms with E-state index in [2.05, 4.69) is 10.3 Å². The number of nitrogens with two attached hydrogens (primary N) is 1. The van der Waals surface area contributed by atoms with Crippen molar-refractivity contribution in [3.8, 4) is 10.6 Å². The van der Waals surface area contributed by atoms with Crippen LogP contribution >= 0.6 is 22.7 Å². The number of thiazole rings is 1. The number of carbonyl (C=O) groups is 1. The average molecular weight is 297 g/mol. The van der Waals surface area contributed by atoms with Gasteiger partial charge in [0.2, 0.25) is 5.91 Å². The van der Waals surface area contributed by atoms with Gasteiger partial charge >= 0.3 is 0 Å². The molecule has 0 aliphatic carbocycles. The third kappa shape index (κ3) is 3.76. The first-order chi connectivity index (χ1) is 9.20. The van der Waals surface area contributed by atoms with Crippen LogP contribution in [0.3, 0.4) is 0 Å². The third-order valence-electron chi connectivity index (χ3n) is 2.42. The molecule has 0 unspecified atom stereocenters. The van der Waals surface area contributed by atoms with Crippen LogP contribution in [0.1, 0.15) is 4.88 Å². The highest BCUT2D eigenvalue weighted by Gasteiger charge is 2.15. The van der Waals surface area contributed by atoms with Gasteiger partial charge in [-0.05, 0) is 11.4 Å². The van der Waals surface area contributed by atoms with Gasteiger partial charge in [-0.15, -0.1) is 22.7 Å². The summed E-state index contributed by atoms with van der Waals surface area (Å²) in [6.45, 7) is 1.02. The van der Waals surface area contributed by atoms with Crippen LogP contribution in [-0.2, 0) is 16.0 Å². The fraction of sp³-hybridized carbons (Fsp3) is 0.333. The van der Waals surface area contributed by atoms with Crippen LogP contribution in [0.15, 0.2) is 17.5 Å². The maximum absolute atomic E-state index is 11.8. The van der Waals surface area contributed by atoms with Gasteiger partial charge in [0.25, 0.3) is 0 Å². The summed E-state index contributed by atoms with van der Waals surface area (Å²) in [6.07, 6.45) is 0.297. The summed E-state index contributed by atoms with van der Waals surface area (Å²) >= 11 is 2.95. The molecule has 3 N–H and O–H groups in total. The minimum Gasteiger partial charge on any atom is -0.383 e. The SMILES string of the molecule is COCCNC(=O)Cc1sc(N)nc1-c1cccs1. The van der Waals surface area contributed by atoms with Crippen LogP contribution in [0, 0.1) is 0 Å². The van der Waals surface area contributed by atoms with Gasteiger partial charge < -0.3 is 15.8 Å². The summed E-state index contributed by atoms with van der Waals surface area (Å²) in [4.78, 5) is 18.0. The Balaban J connectivity index is 2.06. The lowest BCUT2D eigenvalue weighted by atomic mass is 10.2. The Hall–Kier alpha value is -1.44. The summed E-state index contributed by atoms with van der Waals surface area (Å²) in [7, 11) is 1.60. The number of rotatable bonds is 6. The number of methoxy groups -OCH3 is 1. The molecule has 102 valence electrons. The monoisotopic (exact) mass is 297 g/mol. The number of ether oxygens (including phenoxy) is 1. The number of amides is 1. The number of aromatic nitrogens is 1. The predicted octanol–water partition coefficient (Wildman–Crippen LogP) is 1.76. The standard InChI is InChI=1S/C12H15N3O2S2/c1-17-5-4-14-10(16)7-9-11(15-12(13)19-9)8-3-2-6-18-8/h2-3,6H,4-5,7H2,1H3,(H2,13,15)(H,14,16). The molecule has 0 aromatic carbocycles. The number of carbonyl (C=O) groups excluding carboxylic acids is 1. The number of thiophene rings is 1. The van der Waals surface area contributed by atoms with E-state index >= 15 is 0 Å². The Bertz CT molecular complexity index is 537. The molecule has 0 saturated heterocycles. The van der Waals surface area contributed by atoms with Gasteiger partial charge in [-0.2, -0.15) is 0 Å². The Morgan fingerprint density at radius 2 is 2.42 bits per heavy atom. The second kappa shape index (κ2) is 6.65. The zero-order chi connectivity index (χ0) is 13.7. The van der Waals surface area contributed by atoms with E-state index in [1.807, 2.05) is 17.5 Å². The third-order valence-corrected chi connectivity index (χ3v) is 4.18. The molecule has 19 heavy (non-hydrogen) atoms. The molecule has 7 heteroatoms. The molecule has 0 aliphatic heterocycles. The van der Waals surface area contributed by atoms with Crippen LogP contribution < -0.4 is 11.1 Å². The quantitative estimate of drug-likeness (QED) is 0.797. The largest absolute Gasteiger partial charge is 0.383 e. The predicted molar refractivity (Wildman–Crippen MR) is 78.4 cm³/mol. The molecule has 2 rings (SSSR count). The van der Waals surface area contributed by atoms with Crippen molar-refractivity contribution in [2.45, 2.75) is 6.42 Å². The highest BCUT2D eigenvalue weighted by molar-refractivity contribution is 7.17. The van der Waals surface area contributed by atoms with Crippen molar-refractivity contribution in [1.82, 2.24) is 10.3 Å². The highest BCUT2D eigenvalue weighted by Crippen LogP contribution is 2.32. The molecule has 0 atom stereocenters. The average Bonchev–Trinajstić information content (AvgIpc) is 2.99. The minimum atomic E-state index is -0.0430. The van der Waals surface area contributed by atoms with Gasteiger partial charge in [0, 0.05) is 18.5 Å². The van der Waals surface area contributed by atoms with Crippen molar-refractivity contribution in [2.24, 2.45) is 0 Å². The van der Waals surface area contributed by atoms with Crippen molar-refractivity contribution in [1.29, 1.82) is 0 Å². The lowest BCUT2D eigenvalue weighted by molar-refractivity contribution is -0.120. The van der Waals surface area contributed by atoms with Gasteiger partial charge in [-0.3, -0.25) is 4.79 Å². The molecule has 2 aromatic heterocycles. The van der Waals surface area contributed by atoms with Crippen molar-refractivity contribution < 1.29 is 9.53 Å². The lowest BCUT2D eigenvalue weighted by Crippen LogP contribution is -2.28. The molecular formula is C12H15N3O2S2. The normalized spacial score (nSPS) is 10.6. The van der Waals surface area contributed by atoms with Gasteiger partial charge in [-0.25, -0.2) is 4.98 Å². The van der Waals surface area contributed by atoms with Crippen LogP contribution in [0.2, 0.25) is 0 Å². The first-order valence-corrected chi connectivity index (χ1v) is 7.45. The molecule has 1 amide bonds. The Labute approximate surface area is 119 Å². The van der Waals surface area contributed by atoms with E-state index in [0.717, 1.165) is 15.4 Å². The van der Waals surface area contributed by atoms with E-state index in [1.165, 1.54) is 11.3 Å². The number of hydrogen-bond donors (Lipinski definition) is 2. The Kier molecular flexibility index (Phi) is 4.89. The van der Waals surface area contributed by atoms with Crippen LogP contribution in [-0.4, -0.2) is 31.2 Å². The summed E-state index contributed by atoms with van der Waals surface area (Å²) < 4.78 is 4.89. The maximum atomic E-state index is 11.8. The summed E-state index contributed by atoms with van der Waals surface area (Å²) in [5, 5.41) is 5.26. The smallest absolute Gasteiger partial charge is 0.225 e. The van der Waals surface area contributed by atoms with Gasteiger partial charge in [0.05, 0.1) is 23.6 Å². The number of nitrogens with one attached hydrogen (secondary N) is 1. The number of nitrogens with zero attached hydrogens (tertiary/aromatic N) is 1. The van der Waals surface area contributed by atoms with Crippen molar-refractivity contribution >= 4 is 33.7 Å². The van der Waals surface area contributed by atoms with Crippen molar-refractivity contribution in [2.75, 3.05) is 26.0 Å². The minimum absolute atomic E-state index is 0.0430. The Morgan fingerprint density at radius 3 is 3.11 bits per heavy atom. The van der Waals surface area contributed by atoms with Crippen LogP contribution in [0.4, 0.5) is 5.13 Å². The van der Waals surface area contributed by atoms with Crippen molar-refractivity contribution in [3.63, 3.8) is 0 Å². The topological polar surface area (TPSA) is 77.2 Å². The molecular weight excluding hydrogens is 282 g/mol. The number of hydrogen-bond acceptors (Lipinski definition) is 6. The van der Waals surface area contributed by atoms with E-state index in [1.54, 1.807) is 18.4 Å². The molecule has 0 radical (unpaired) electrons. The summed E-state index contributed by atoms with van der Waals surface area (Å²) in [6, 6.07) is 3.93. The molecule has 0 fully saturated rings. The van der Waals surface area contributed by atoms with Gasteiger partial charge in [-0.1, -0.05) is 6.07 Å². The van der Waals surface area contributed by atoms with Crippen LogP contribution in [0.25, 0.3) is 10.6 Å². The van der Waals surface area contributed by atoms with E-state index in [0.29, 0.717) is 24.7 Å². The molecule has 0 aliphatic rings. The Morgan fingerprint density at radius 1 is 1.58 bits per heavy atom. The first-order valence-electron chi connectivity index (χ1n) is 5.75. The second-order valence-corrected chi connectivity index (χ2v) is 5.88. The molecule has 2 aromatic rings. The fourth-order valence-corrected chi connectivity index (χ4v) is 3.25. The summed E-state index contributed by atoms with van der Waals surface area (Å²) in [5.41, 5.74) is 6.56. The van der Waals surface area contributed by atoms with E-state index in [4.69, 9.17) is 10.5 Å². The van der Waals surface area contributed by atoms with Crippen molar-refractivity contribution in [3.05, 3.63) is 22.4 Å². The van der Waals surface area contributed by atoms with Crippen LogP contribution in [0.5, 0.6) is 0 Å². The second-order valence-electron chi connectivity index (χ2n) is 3.82. The lowest BCUT2D eigenvalue weighted by Gasteiger charge is -2.03. The van der Waals surface area contributed by atoms with Gasteiger partial charge in [0.1, 0.15) is 0 Å². The maximum Gasteiger partial charge on any atom is 0.225 e. The molecule has 0 spiro atoms. The molecule has 0 bridgehead atoms. The summed E-state index contributed by atoms with van der Waals surface area (Å²) in [5.74, 6) is -0.0430. The zero-order valence-corrected chi connectivity index (χ0v) is 12.1. The molecule has 5 nitrogen and oxygen atoms in total. The van der Waals surface area contributed by atoms with E-state index in [9.17, 15) is 4.79 Å². The first kappa shape index (κ1) is 14.0. The highest BCUT2D eigenvalue weighted by atomic mass is 32.1. The van der Waals surface area contributed by atoms with E-state index < -0.39 is 0 Å². The van der Waals surface area contributed by atoms with Gasteiger partial charge in [0.15, 0.2) is 5.13 Å². The fourth-order valence-electron chi connectivity index (χ4n) is 1.60. The van der Waals surface area contributed by atoms with E-state index in [-0.39, 0.29) is 5.91 Å². The zero-order valence-electron chi connectivity index (χ0n) is 10.5. The molecule has 2 heterocycles. The number of anilines is 1. The number of nitrogen functional groups attached to an aromatic ring is 1. The molecule has 0 saturated carbocycles.